The van der Waals surface area contributed by atoms with E-state index >= 15 is 0 Å². The molecule has 0 spiro atoms. The molecule has 1 N–H and O–H groups in total. The number of aromatic nitrogens is 2. The highest BCUT2D eigenvalue weighted by Gasteiger charge is 2.06. The average molecular weight is 258 g/mol. The molecular weight excluding hydrogens is 240 g/mol. The van der Waals surface area contributed by atoms with Crippen molar-refractivity contribution in [3.05, 3.63) is 36.7 Å². The number of benzene rings is 1. The van der Waals surface area contributed by atoms with Crippen LogP contribution in [0.5, 0.6) is 5.75 Å². The highest BCUT2D eigenvalue weighted by Crippen LogP contribution is 2.24. The molecule has 5 nitrogen and oxygen atoms in total. The van der Waals surface area contributed by atoms with Crippen LogP contribution in [0.2, 0.25) is 0 Å². The third-order valence-electron chi connectivity index (χ3n) is 2.79. The number of nitrogens with one attached hydrogen (secondary N) is 1. The summed E-state index contributed by atoms with van der Waals surface area (Å²) >= 11 is 0. The molecule has 0 saturated heterocycles. The second-order valence-electron chi connectivity index (χ2n) is 4.00. The SMILES string of the molecule is CCOc1ccc(N(C)c2cc(NC)ncn2)cc1. The molecule has 0 bridgehead atoms. The van der Waals surface area contributed by atoms with Crippen molar-refractivity contribution in [2.75, 3.05) is 30.9 Å². The molecule has 0 atom stereocenters. The van der Waals surface area contributed by atoms with Crippen LogP contribution >= 0.6 is 0 Å². The summed E-state index contributed by atoms with van der Waals surface area (Å²) in [6.45, 7) is 2.65. The minimum absolute atomic E-state index is 0.673. The first-order chi connectivity index (χ1) is 9.24. The normalized spacial score (nSPS) is 10.1. The second kappa shape index (κ2) is 6.04. The van der Waals surface area contributed by atoms with E-state index in [0.717, 1.165) is 23.1 Å². The number of rotatable bonds is 5. The average Bonchev–Trinajstić information content (AvgIpc) is 2.48. The van der Waals surface area contributed by atoms with E-state index in [1.807, 2.05) is 56.3 Å². The van der Waals surface area contributed by atoms with Crippen molar-refractivity contribution >= 4 is 17.3 Å². The Morgan fingerprint density at radius 2 is 1.95 bits per heavy atom. The molecule has 19 heavy (non-hydrogen) atoms. The van der Waals surface area contributed by atoms with Gasteiger partial charge in [0, 0.05) is 25.8 Å². The number of ether oxygens (including phenoxy) is 1. The van der Waals surface area contributed by atoms with Crippen LogP contribution in [0.15, 0.2) is 36.7 Å². The van der Waals surface area contributed by atoms with Gasteiger partial charge in [-0.15, -0.1) is 0 Å². The smallest absolute Gasteiger partial charge is 0.138 e. The van der Waals surface area contributed by atoms with Crippen molar-refractivity contribution in [1.82, 2.24) is 9.97 Å². The van der Waals surface area contributed by atoms with Gasteiger partial charge in [0.2, 0.25) is 0 Å². The summed E-state index contributed by atoms with van der Waals surface area (Å²) in [6, 6.07) is 9.82. The third kappa shape index (κ3) is 3.13. The second-order valence-corrected chi connectivity index (χ2v) is 4.00. The van der Waals surface area contributed by atoms with Gasteiger partial charge in [0.25, 0.3) is 0 Å². The van der Waals surface area contributed by atoms with Crippen molar-refractivity contribution in [2.45, 2.75) is 6.92 Å². The molecule has 1 aromatic heterocycles. The Bertz CT molecular complexity index is 527. The zero-order chi connectivity index (χ0) is 13.7. The third-order valence-corrected chi connectivity index (χ3v) is 2.79. The highest BCUT2D eigenvalue weighted by atomic mass is 16.5. The van der Waals surface area contributed by atoms with E-state index < -0.39 is 0 Å². The van der Waals surface area contributed by atoms with E-state index in [1.165, 1.54) is 0 Å². The van der Waals surface area contributed by atoms with Gasteiger partial charge in [0.05, 0.1) is 6.61 Å². The molecule has 2 rings (SSSR count). The molecule has 0 aliphatic heterocycles. The lowest BCUT2D eigenvalue weighted by molar-refractivity contribution is 0.340. The standard InChI is InChI=1S/C14H18N4O/c1-4-19-12-7-5-11(6-8-12)18(3)14-9-13(15-2)16-10-17-14/h5-10H,4H2,1-3H3,(H,15,16,17). The fraction of sp³-hybridized carbons (Fsp3) is 0.286. The van der Waals surface area contributed by atoms with Crippen LogP contribution < -0.4 is 15.0 Å². The fourth-order valence-corrected chi connectivity index (χ4v) is 1.73. The molecule has 5 heteroatoms. The number of hydrogen-bond acceptors (Lipinski definition) is 5. The molecule has 0 saturated carbocycles. The van der Waals surface area contributed by atoms with Gasteiger partial charge in [0.15, 0.2) is 0 Å². The molecule has 2 aromatic rings. The van der Waals surface area contributed by atoms with Gasteiger partial charge in [-0.3, -0.25) is 0 Å². The van der Waals surface area contributed by atoms with E-state index in [-0.39, 0.29) is 0 Å². The Hall–Kier alpha value is -2.30. The summed E-state index contributed by atoms with van der Waals surface area (Å²) in [5, 5.41) is 3.00. The molecule has 0 unspecified atom stereocenters. The largest absolute Gasteiger partial charge is 0.494 e. The monoisotopic (exact) mass is 258 g/mol. The number of nitrogens with zero attached hydrogens (tertiary/aromatic N) is 3. The maximum absolute atomic E-state index is 5.43. The molecule has 0 radical (unpaired) electrons. The first kappa shape index (κ1) is 13.1. The molecular formula is C14H18N4O. The molecule has 0 aliphatic carbocycles. The summed E-state index contributed by atoms with van der Waals surface area (Å²) in [7, 11) is 3.81. The lowest BCUT2D eigenvalue weighted by Crippen LogP contribution is -2.11. The van der Waals surface area contributed by atoms with Gasteiger partial charge in [-0.25, -0.2) is 9.97 Å². The van der Waals surface area contributed by atoms with Gasteiger partial charge >= 0.3 is 0 Å². The molecule has 1 heterocycles. The van der Waals surface area contributed by atoms with Crippen molar-refractivity contribution in [3.63, 3.8) is 0 Å². The summed E-state index contributed by atoms with van der Waals surface area (Å²) in [5.74, 6) is 2.50. The minimum atomic E-state index is 0.673. The van der Waals surface area contributed by atoms with E-state index in [1.54, 1.807) is 6.33 Å². The van der Waals surface area contributed by atoms with Gasteiger partial charge < -0.3 is 15.0 Å². The van der Waals surface area contributed by atoms with Crippen LogP contribution in [0.3, 0.4) is 0 Å². The zero-order valence-corrected chi connectivity index (χ0v) is 11.4. The molecule has 0 amide bonds. The first-order valence-corrected chi connectivity index (χ1v) is 6.21. The Labute approximate surface area is 113 Å². The summed E-state index contributed by atoms with van der Waals surface area (Å²) in [4.78, 5) is 10.4. The number of anilines is 3. The van der Waals surface area contributed by atoms with Crippen LogP contribution in [0.25, 0.3) is 0 Å². The van der Waals surface area contributed by atoms with Crippen LogP contribution in [0.4, 0.5) is 17.3 Å². The molecule has 0 fully saturated rings. The van der Waals surface area contributed by atoms with E-state index in [0.29, 0.717) is 6.61 Å². The van der Waals surface area contributed by atoms with Crippen molar-refractivity contribution in [3.8, 4) is 5.75 Å². The van der Waals surface area contributed by atoms with Gasteiger partial charge in [-0.05, 0) is 31.2 Å². The Morgan fingerprint density at radius 3 is 2.58 bits per heavy atom. The summed E-state index contributed by atoms with van der Waals surface area (Å²) in [6.07, 6.45) is 1.55. The van der Waals surface area contributed by atoms with Gasteiger partial charge in [-0.2, -0.15) is 0 Å². The molecule has 1 aromatic carbocycles. The van der Waals surface area contributed by atoms with E-state index in [4.69, 9.17) is 4.74 Å². The first-order valence-electron chi connectivity index (χ1n) is 6.21. The molecule has 100 valence electrons. The quantitative estimate of drug-likeness (QED) is 0.893. The molecule has 0 aliphatic rings. The highest BCUT2D eigenvalue weighted by molar-refractivity contribution is 5.62. The Balaban J connectivity index is 2.20. The topological polar surface area (TPSA) is 50.3 Å². The van der Waals surface area contributed by atoms with Gasteiger partial charge in [-0.1, -0.05) is 0 Å². The minimum Gasteiger partial charge on any atom is -0.494 e. The van der Waals surface area contributed by atoms with E-state index in [9.17, 15) is 0 Å². The predicted molar refractivity (Wildman–Crippen MR) is 77.3 cm³/mol. The maximum Gasteiger partial charge on any atom is 0.138 e. The van der Waals surface area contributed by atoms with Gasteiger partial charge in [0.1, 0.15) is 23.7 Å². The summed E-state index contributed by atoms with van der Waals surface area (Å²) in [5.41, 5.74) is 1.05. The lowest BCUT2D eigenvalue weighted by atomic mass is 10.3. The summed E-state index contributed by atoms with van der Waals surface area (Å²) < 4.78 is 5.43. The van der Waals surface area contributed by atoms with Crippen molar-refractivity contribution in [1.29, 1.82) is 0 Å². The van der Waals surface area contributed by atoms with Crippen LogP contribution in [-0.2, 0) is 0 Å². The number of hydrogen-bond donors (Lipinski definition) is 1. The Kier molecular flexibility index (Phi) is 4.18. The predicted octanol–water partition coefficient (Wildman–Crippen LogP) is 2.68. The van der Waals surface area contributed by atoms with Crippen molar-refractivity contribution in [2.24, 2.45) is 0 Å². The van der Waals surface area contributed by atoms with Crippen LogP contribution in [-0.4, -0.2) is 30.7 Å². The van der Waals surface area contributed by atoms with Crippen molar-refractivity contribution < 1.29 is 4.74 Å². The van der Waals surface area contributed by atoms with Crippen LogP contribution in [0, 0.1) is 0 Å². The lowest BCUT2D eigenvalue weighted by Gasteiger charge is -2.18. The van der Waals surface area contributed by atoms with E-state index in [2.05, 4.69) is 15.3 Å². The van der Waals surface area contributed by atoms with Crippen LogP contribution in [0.1, 0.15) is 6.92 Å². The fourth-order valence-electron chi connectivity index (χ4n) is 1.73. The zero-order valence-electron chi connectivity index (χ0n) is 11.4. The Morgan fingerprint density at radius 1 is 1.21 bits per heavy atom. The maximum atomic E-state index is 5.43.